The average Bonchev–Trinajstić information content (AvgIpc) is 2.15. The van der Waals surface area contributed by atoms with Gasteiger partial charge in [-0.25, -0.2) is 4.39 Å². The number of likely N-dealkylation sites (N-methyl/N-ethyl adjacent to an activating group) is 1. The molecule has 0 spiro atoms. The zero-order chi connectivity index (χ0) is 10.0. The molecule has 2 rings (SSSR count). The minimum atomic E-state index is -0.152. The van der Waals surface area contributed by atoms with E-state index in [0.717, 1.165) is 6.42 Å². The lowest BCUT2D eigenvalue weighted by atomic mass is 9.73. The van der Waals surface area contributed by atoms with Crippen LogP contribution in [-0.2, 0) is 6.42 Å². The molecule has 1 aliphatic rings. The molecule has 76 valence electrons. The Morgan fingerprint density at radius 2 is 1.93 bits per heavy atom. The standard InChI is InChI=1S/C12H16FN/c1-14-12(7-2-8-12)9-10-3-5-11(13)6-4-10/h3-6,14H,2,7-9H2,1H3. The maximum atomic E-state index is 12.7. The molecule has 1 aromatic rings. The normalized spacial score (nSPS) is 19.0. The lowest BCUT2D eigenvalue weighted by Gasteiger charge is -2.42. The summed E-state index contributed by atoms with van der Waals surface area (Å²) in [5.74, 6) is -0.152. The van der Waals surface area contributed by atoms with E-state index in [4.69, 9.17) is 0 Å². The van der Waals surface area contributed by atoms with E-state index >= 15 is 0 Å². The Hall–Kier alpha value is -0.890. The molecule has 1 N–H and O–H groups in total. The van der Waals surface area contributed by atoms with Crippen molar-refractivity contribution in [2.24, 2.45) is 0 Å². The largest absolute Gasteiger partial charge is 0.314 e. The van der Waals surface area contributed by atoms with Gasteiger partial charge in [0.15, 0.2) is 0 Å². The van der Waals surface area contributed by atoms with Gasteiger partial charge in [0.1, 0.15) is 5.82 Å². The highest BCUT2D eigenvalue weighted by atomic mass is 19.1. The lowest BCUT2D eigenvalue weighted by Crippen LogP contribution is -2.50. The summed E-state index contributed by atoms with van der Waals surface area (Å²) in [4.78, 5) is 0. The average molecular weight is 193 g/mol. The van der Waals surface area contributed by atoms with Crippen molar-refractivity contribution in [3.8, 4) is 0 Å². The van der Waals surface area contributed by atoms with Crippen LogP contribution in [-0.4, -0.2) is 12.6 Å². The predicted octanol–water partition coefficient (Wildman–Crippen LogP) is 2.51. The second-order valence-corrected chi connectivity index (χ2v) is 4.19. The van der Waals surface area contributed by atoms with Crippen LogP contribution >= 0.6 is 0 Å². The highest BCUT2D eigenvalue weighted by molar-refractivity contribution is 5.20. The van der Waals surface area contributed by atoms with Crippen molar-refractivity contribution in [2.45, 2.75) is 31.2 Å². The van der Waals surface area contributed by atoms with Gasteiger partial charge in [-0.15, -0.1) is 0 Å². The third-order valence-electron chi connectivity index (χ3n) is 3.30. The molecule has 0 saturated heterocycles. The summed E-state index contributed by atoms with van der Waals surface area (Å²) in [6.07, 6.45) is 4.80. The molecule has 1 aliphatic carbocycles. The zero-order valence-corrected chi connectivity index (χ0v) is 8.52. The number of benzene rings is 1. The van der Waals surface area contributed by atoms with Crippen LogP contribution in [0.15, 0.2) is 24.3 Å². The summed E-state index contributed by atoms with van der Waals surface area (Å²) in [6.45, 7) is 0. The van der Waals surface area contributed by atoms with Crippen molar-refractivity contribution >= 4 is 0 Å². The summed E-state index contributed by atoms with van der Waals surface area (Å²) in [5.41, 5.74) is 1.51. The molecule has 0 heterocycles. The number of nitrogens with one attached hydrogen (secondary N) is 1. The van der Waals surface area contributed by atoms with E-state index in [-0.39, 0.29) is 11.4 Å². The van der Waals surface area contributed by atoms with Gasteiger partial charge in [0.05, 0.1) is 0 Å². The van der Waals surface area contributed by atoms with E-state index < -0.39 is 0 Å². The predicted molar refractivity (Wildman–Crippen MR) is 55.7 cm³/mol. The SMILES string of the molecule is CNC1(Cc2ccc(F)cc2)CCC1. The molecule has 1 saturated carbocycles. The van der Waals surface area contributed by atoms with E-state index in [1.807, 2.05) is 19.2 Å². The summed E-state index contributed by atoms with van der Waals surface area (Å²) in [6, 6.07) is 6.84. The number of rotatable bonds is 3. The Morgan fingerprint density at radius 3 is 2.36 bits per heavy atom. The monoisotopic (exact) mass is 193 g/mol. The molecule has 1 nitrogen and oxygen atoms in total. The summed E-state index contributed by atoms with van der Waals surface area (Å²) >= 11 is 0. The van der Waals surface area contributed by atoms with E-state index in [1.54, 1.807) is 0 Å². The lowest BCUT2D eigenvalue weighted by molar-refractivity contribution is 0.198. The smallest absolute Gasteiger partial charge is 0.123 e. The topological polar surface area (TPSA) is 12.0 Å². The molecule has 1 fully saturated rings. The Balaban J connectivity index is 2.06. The molecule has 14 heavy (non-hydrogen) atoms. The molecule has 0 unspecified atom stereocenters. The van der Waals surface area contributed by atoms with E-state index in [9.17, 15) is 4.39 Å². The Morgan fingerprint density at radius 1 is 1.29 bits per heavy atom. The Kier molecular flexibility index (Phi) is 2.55. The molecule has 0 aromatic heterocycles. The van der Waals surface area contributed by atoms with Crippen molar-refractivity contribution in [1.29, 1.82) is 0 Å². The minimum absolute atomic E-state index is 0.152. The highest BCUT2D eigenvalue weighted by Gasteiger charge is 2.34. The fourth-order valence-corrected chi connectivity index (χ4v) is 2.11. The molecule has 0 aliphatic heterocycles. The number of hydrogen-bond acceptors (Lipinski definition) is 1. The first-order chi connectivity index (χ1) is 6.74. The van der Waals surface area contributed by atoms with Crippen LogP contribution in [0.25, 0.3) is 0 Å². The first-order valence-electron chi connectivity index (χ1n) is 5.17. The second-order valence-electron chi connectivity index (χ2n) is 4.19. The first kappa shape index (κ1) is 9.66. The summed E-state index contributed by atoms with van der Waals surface area (Å²) < 4.78 is 12.7. The molecule has 1 aromatic carbocycles. The Labute approximate surface area is 84.3 Å². The van der Waals surface area contributed by atoms with Gasteiger partial charge in [0.2, 0.25) is 0 Å². The first-order valence-corrected chi connectivity index (χ1v) is 5.17. The molecule has 0 radical (unpaired) electrons. The molecule has 0 amide bonds. The van der Waals surface area contributed by atoms with Crippen molar-refractivity contribution in [3.63, 3.8) is 0 Å². The maximum absolute atomic E-state index is 12.7. The van der Waals surface area contributed by atoms with Crippen LogP contribution in [0.3, 0.4) is 0 Å². The van der Waals surface area contributed by atoms with Crippen LogP contribution in [0.1, 0.15) is 24.8 Å². The number of halogens is 1. The van der Waals surface area contributed by atoms with Crippen molar-refractivity contribution in [1.82, 2.24) is 5.32 Å². The molecular formula is C12H16FN. The van der Waals surface area contributed by atoms with Crippen molar-refractivity contribution in [2.75, 3.05) is 7.05 Å². The maximum Gasteiger partial charge on any atom is 0.123 e. The second kappa shape index (κ2) is 3.70. The van der Waals surface area contributed by atoms with Gasteiger partial charge < -0.3 is 5.32 Å². The third kappa shape index (κ3) is 1.80. The Bertz CT molecular complexity index is 295. The zero-order valence-electron chi connectivity index (χ0n) is 8.52. The van der Waals surface area contributed by atoms with E-state index in [1.165, 1.54) is 37.0 Å². The number of hydrogen-bond donors (Lipinski definition) is 1. The van der Waals surface area contributed by atoms with Crippen LogP contribution in [0.2, 0.25) is 0 Å². The van der Waals surface area contributed by atoms with Crippen LogP contribution in [0, 0.1) is 5.82 Å². The minimum Gasteiger partial charge on any atom is -0.314 e. The quantitative estimate of drug-likeness (QED) is 0.777. The van der Waals surface area contributed by atoms with Crippen LogP contribution < -0.4 is 5.32 Å². The molecule has 0 bridgehead atoms. The van der Waals surface area contributed by atoms with Crippen LogP contribution in [0.4, 0.5) is 4.39 Å². The van der Waals surface area contributed by atoms with Gasteiger partial charge in [-0.3, -0.25) is 0 Å². The fourth-order valence-electron chi connectivity index (χ4n) is 2.11. The van der Waals surface area contributed by atoms with Gasteiger partial charge >= 0.3 is 0 Å². The van der Waals surface area contributed by atoms with Crippen LogP contribution in [0.5, 0.6) is 0 Å². The molecule has 0 atom stereocenters. The van der Waals surface area contributed by atoms with Crippen molar-refractivity contribution < 1.29 is 4.39 Å². The van der Waals surface area contributed by atoms with E-state index in [0.29, 0.717) is 0 Å². The van der Waals surface area contributed by atoms with Gasteiger partial charge in [0, 0.05) is 5.54 Å². The van der Waals surface area contributed by atoms with Gasteiger partial charge in [0.25, 0.3) is 0 Å². The summed E-state index contributed by atoms with van der Waals surface area (Å²) in [7, 11) is 2.02. The van der Waals surface area contributed by atoms with Gasteiger partial charge in [-0.2, -0.15) is 0 Å². The highest BCUT2D eigenvalue weighted by Crippen LogP contribution is 2.34. The van der Waals surface area contributed by atoms with Gasteiger partial charge in [-0.05, 0) is 50.4 Å². The van der Waals surface area contributed by atoms with Crippen molar-refractivity contribution in [3.05, 3.63) is 35.6 Å². The van der Waals surface area contributed by atoms with E-state index in [2.05, 4.69) is 5.32 Å². The van der Waals surface area contributed by atoms with Gasteiger partial charge in [-0.1, -0.05) is 12.1 Å². The summed E-state index contributed by atoms with van der Waals surface area (Å²) in [5, 5.41) is 3.38. The third-order valence-corrected chi connectivity index (χ3v) is 3.30. The molecular weight excluding hydrogens is 177 g/mol. The fraction of sp³-hybridized carbons (Fsp3) is 0.500. The molecule has 2 heteroatoms.